The number of nitrogens with one attached hydrogen (secondary N) is 1. The summed E-state index contributed by atoms with van der Waals surface area (Å²) in [4.78, 5) is 16.7. The predicted octanol–water partition coefficient (Wildman–Crippen LogP) is 5.63. The zero-order valence-corrected chi connectivity index (χ0v) is 19.3. The third-order valence-electron chi connectivity index (χ3n) is 6.78. The van der Waals surface area contributed by atoms with Gasteiger partial charge in [0.2, 0.25) is 0 Å². The molecule has 0 bridgehead atoms. The summed E-state index contributed by atoms with van der Waals surface area (Å²) >= 11 is 1.76. The molecule has 5 nitrogen and oxygen atoms in total. The molecule has 1 fully saturated rings. The number of aromatic nitrogens is 1. The maximum atomic E-state index is 12.9. The topological polar surface area (TPSA) is 58.4 Å². The molecule has 1 N–H and O–H groups in total. The number of amides is 1. The minimum Gasteiger partial charge on any atom is -0.355 e. The van der Waals surface area contributed by atoms with Crippen molar-refractivity contribution in [3.05, 3.63) is 63.5 Å². The minimum absolute atomic E-state index is 0.172. The Morgan fingerprint density at radius 1 is 1.03 bits per heavy atom. The van der Waals surface area contributed by atoms with E-state index in [0.717, 1.165) is 31.5 Å². The van der Waals surface area contributed by atoms with Crippen LogP contribution in [0.15, 0.2) is 46.3 Å². The molecule has 3 heterocycles. The van der Waals surface area contributed by atoms with E-state index in [4.69, 9.17) is 4.52 Å². The number of benzene rings is 1. The van der Waals surface area contributed by atoms with Crippen LogP contribution < -0.4 is 5.32 Å². The van der Waals surface area contributed by atoms with Crippen molar-refractivity contribution in [1.29, 1.82) is 0 Å². The molecule has 3 aromatic rings. The van der Waals surface area contributed by atoms with Crippen LogP contribution in [-0.4, -0.2) is 35.6 Å². The third-order valence-corrected chi connectivity index (χ3v) is 7.76. The Bertz CT molecular complexity index is 1040. The summed E-state index contributed by atoms with van der Waals surface area (Å²) in [5, 5.41) is 9.31. The lowest BCUT2D eigenvalue weighted by Gasteiger charge is -2.30. The molecule has 1 aliphatic heterocycles. The number of rotatable bonds is 6. The molecular formula is C26H31N3O2S. The number of nitrogens with zero attached hydrogens (tertiary/aromatic N) is 2. The average Bonchev–Trinajstić information content (AvgIpc) is 3.47. The summed E-state index contributed by atoms with van der Waals surface area (Å²) in [5.41, 5.74) is 4.18. The van der Waals surface area contributed by atoms with Gasteiger partial charge < -0.3 is 9.84 Å². The van der Waals surface area contributed by atoms with E-state index in [9.17, 15) is 4.79 Å². The molecule has 1 atom stereocenters. The Hall–Kier alpha value is -2.44. The molecule has 1 saturated heterocycles. The quantitative estimate of drug-likeness (QED) is 0.530. The highest BCUT2D eigenvalue weighted by Gasteiger charge is 2.24. The summed E-state index contributed by atoms with van der Waals surface area (Å²) in [6.07, 6.45) is 9.82. The van der Waals surface area contributed by atoms with E-state index >= 15 is 0 Å². The van der Waals surface area contributed by atoms with Crippen molar-refractivity contribution in [2.75, 3.05) is 19.6 Å². The normalized spacial score (nSPS) is 18.0. The first kappa shape index (κ1) is 21.4. The number of thiophene rings is 1. The van der Waals surface area contributed by atoms with Crippen molar-refractivity contribution in [2.45, 2.75) is 57.4 Å². The summed E-state index contributed by atoms with van der Waals surface area (Å²) in [7, 11) is 0. The lowest BCUT2D eigenvalue weighted by Crippen LogP contribution is -2.38. The summed E-state index contributed by atoms with van der Waals surface area (Å²) in [6.45, 7) is 2.76. The van der Waals surface area contributed by atoms with E-state index < -0.39 is 0 Å². The number of likely N-dealkylation sites (tertiary alicyclic amines) is 1. The van der Waals surface area contributed by atoms with E-state index in [1.165, 1.54) is 54.5 Å². The van der Waals surface area contributed by atoms with Gasteiger partial charge in [0.1, 0.15) is 0 Å². The van der Waals surface area contributed by atoms with Crippen molar-refractivity contribution >= 4 is 17.2 Å². The van der Waals surface area contributed by atoms with Gasteiger partial charge >= 0.3 is 0 Å². The molecule has 0 saturated carbocycles. The van der Waals surface area contributed by atoms with Gasteiger partial charge in [-0.2, -0.15) is 0 Å². The zero-order chi connectivity index (χ0) is 21.8. The maximum Gasteiger partial charge on any atom is 0.273 e. The highest BCUT2D eigenvalue weighted by atomic mass is 32.1. The fraction of sp³-hybridized carbons (Fsp3) is 0.462. The molecule has 1 aromatic carbocycles. The summed E-state index contributed by atoms with van der Waals surface area (Å²) in [6, 6.07) is 12.7. The van der Waals surface area contributed by atoms with Gasteiger partial charge in [0.25, 0.3) is 5.91 Å². The second kappa shape index (κ2) is 10.0. The van der Waals surface area contributed by atoms with E-state index in [-0.39, 0.29) is 11.9 Å². The first-order chi connectivity index (χ1) is 15.8. The smallest absolute Gasteiger partial charge is 0.273 e. The van der Waals surface area contributed by atoms with Crippen LogP contribution in [0.3, 0.4) is 0 Å². The number of carbonyl (C=O) groups is 1. The SMILES string of the molecule is O=C(NC[C@H](c1cccs1)N1CCCCCC1)c1cc(-c2ccc3c(c2)CCCC3)on1. The highest BCUT2D eigenvalue weighted by Crippen LogP contribution is 2.29. The Morgan fingerprint density at radius 2 is 1.84 bits per heavy atom. The standard InChI is InChI=1S/C26H31N3O2S/c30-26(27-18-23(25-10-7-15-32-25)29-13-5-1-2-6-14-29)22-17-24(31-28-22)21-12-11-19-8-3-4-9-20(19)16-21/h7,10-12,15-17,23H,1-6,8-9,13-14,18H2,(H,27,30)/t23-/m1/s1. The third kappa shape index (κ3) is 4.81. The van der Waals surface area contributed by atoms with Gasteiger partial charge in [0.15, 0.2) is 11.5 Å². The van der Waals surface area contributed by atoms with Crippen LogP contribution in [0.4, 0.5) is 0 Å². The van der Waals surface area contributed by atoms with Crippen molar-refractivity contribution in [3.8, 4) is 11.3 Å². The van der Waals surface area contributed by atoms with Crippen LogP contribution in [0.1, 0.15) is 71.1 Å². The van der Waals surface area contributed by atoms with Crippen LogP contribution in [0.2, 0.25) is 0 Å². The van der Waals surface area contributed by atoms with Crippen LogP contribution in [0, 0.1) is 0 Å². The molecule has 5 rings (SSSR count). The number of aryl methyl sites for hydroxylation is 2. The summed E-state index contributed by atoms with van der Waals surface area (Å²) in [5.74, 6) is 0.486. The fourth-order valence-corrected chi connectivity index (χ4v) is 5.84. The lowest BCUT2D eigenvalue weighted by atomic mass is 9.90. The van der Waals surface area contributed by atoms with Crippen molar-refractivity contribution < 1.29 is 9.32 Å². The molecule has 168 valence electrons. The summed E-state index contributed by atoms with van der Waals surface area (Å²) < 4.78 is 5.56. The number of hydrogen-bond acceptors (Lipinski definition) is 5. The lowest BCUT2D eigenvalue weighted by molar-refractivity contribution is 0.0925. The number of carbonyl (C=O) groups excluding carboxylic acids is 1. The van der Waals surface area contributed by atoms with Crippen molar-refractivity contribution in [2.24, 2.45) is 0 Å². The maximum absolute atomic E-state index is 12.9. The molecule has 0 spiro atoms. The molecule has 0 unspecified atom stereocenters. The average molecular weight is 450 g/mol. The predicted molar refractivity (Wildman–Crippen MR) is 128 cm³/mol. The van der Waals surface area contributed by atoms with Gasteiger partial charge in [-0.25, -0.2) is 0 Å². The zero-order valence-electron chi connectivity index (χ0n) is 18.5. The molecule has 6 heteroatoms. The van der Waals surface area contributed by atoms with E-state index in [2.05, 4.69) is 51.1 Å². The Labute approximate surface area is 193 Å². The minimum atomic E-state index is -0.172. The van der Waals surface area contributed by atoms with Crippen molar-refractivity contribution in [3.63, 3.8) is 0 Å². The van der Waals surface area contributed by atoms with E-state index in [0.29, 0.717) is 18.0 Å². The Kier molecular flexibility index (Phi) is 6.69. The Morgan fingerprint density at radius 3 is 2.62 bits per heavy atom. The van der Waals surface area contributed by atoms with E-state index in [1.807, 2.05) is 0 Å². The highest BCUT2D eigenvalue weighted by molar-refractivity contribution is 7.10. The second-order valence-corrected chi connectivity index (χ2v) is 9.94. The molecular weight excluding hydrogens is 418 g/mol. The number of fused-ring (bicyclic) bond motifs is 1. The second-order valence-electron chi connectivity index (χ2n) is 8.96. The monoisotopic (exact) mass is 449 g/mol. The Balaban J connectivity index is 1.27. The van der Waals surface area contributed by atoms with Crippen LogP contribution in [0.5, 0.6) is 0 Å². The van der Waals surface area contributed by atoms with Gasteiger partial charge in [-0.1, -0.05) is 36.2 Å². The van der Waals surface area contributed by atoms with Crippen LogP contribution >= 0.6 is 11.3 Å². The molecule has 1 amide bonds. The number of hydrogen-bond donors (Lipinski definition) is 1. The van der Waals surface area contributed by atoms with Gasteiger partial charge in [0, 0.05) is 23.1 Å². The van der Waals surface area contributed by atoms with Crippen LogP contribution in [0.25, 0.3) is 11.3 Å². The molecule has 0 radical (unpaired) electrons. The van der Waals surface area contributed by atoms with Crippen molar-refractivity contribution in [1.82, 2.24) is 15.4 Å². The molecule has 32 heavy (non-hydrogen) atoms. The first-order valence-corrected chi connectivity index (χ1v) is 12.8. The molecule has 1 aliphatic carbocycles. The van der Waals surface area contributed by atoms with Gasteiger partial charge in [-0.15, -0.1) is 11.3 Å². The molecule has 2 aliphatic rings. The van der Waals surface area contributed by atoms with Gasteiger partial charge in [0.05, 0.1) is 6.04 Å². The van der Waals surface area contributed by atoms with Gasteiger partial charge in [-0.05, 0) is 80.3 Å². The largest absolute Gasteiger partial charge is 0.355 e. The van der Waals surface area contributed by atoms with Gasteiger partial charge in [-0.3, -0.25) is 9.69 Å². The fourth-order valence-electron chi connectivity index (χ4n) is 4.98. The van der Waals surface area contributed by atoms with E-state index in [1.54, 1.807) is 17.4 Å². The van der Waals surface area contributed by atoms with Crippen LogP contribution in [-0.2, 0) is 12.8 Å². The molecule has 2 aromatic heterocycles. The first-order valence-electron chi connectivity index (χ1n) is 11.9.